The van der Waals surface area contributed by atoms with E-state index in [0.717, 1.165) is 51.4 Å². The summed E-state index contributed by atoms with van der Waals surface area (Å²) >= 11 is 0. The largest absolute Gasteiger partial charge is 0.508 e. The van der Waals surface area contributed by atoms with Gasteiger partial charge in [-0.05, 0) is 110 Å². The molecule has 0 aromatic heterocycles. The number of phenolic OH excluding ortho intramolecular Hbond substituents is 1. The van der Waals surface area contributed by atoms with Crippen LogP contribution in [0.5, 0.6) is 5.75 Å². The highest BCUT2D eigenvalue weighted by Gasteiger charge is 2.63. The lowest BCUT2D eigenvalue weighted by molar-refractivity contribution is -0.131. The molecule has 3 unspecified atom stereocenters. The molecule has 1 aromatic carbocycles. The summed E-state index contributed by atoms with van der Waals surface area (Å²) in [6, 6.07) is 7.64. The standard InChI is InChI=1S/C30H42O3/c1-28-14-11-24(32)19-22(28)18-21(9-5-4-7-20-8-6-10-23(31)17-20)27-25(28)12-15-29(2)26(27)13-16-30(29,3)33/h6,8,10,17-18,21,25-27,31,33H,4-5,7,9,11-16,19H2,1-3H3/t21-,25?,26?,27?,28+,29+,30+/m1/s1. The summed E-state index contributed by atoms with van der Waals surface area (Å²) in [5.74, 6) is 3.14. The van der Waals surface area contributed by atoms with Gasteiger partial charge in [-0.1, -0.05) is 44.1 Å². The number of fused-ring (bicyclic) bond motifs is 5. The van der Waals surface area contributed by atoms with Gasteiger partial charge in [0.1, 0.15) is 11.5 Å². The first-order chi connectivity index (χ1) is 15.6. The van der Waals surface area contributed by atoms with Gasteiger partial charge in [0.25, 0.3) is 0 Å². The second-order valence-electron chi connectivity index (χ2n) is 12.5. The minimum atomic E-state index is -0.560. The van der Waals surface area contributed by atoms with E-state index in [1.54, 1.807) is 6.07 Å². The highest BCUT2D eigenvalue weighted by Crippen LogP contribution is 2.68. The van der Waals surface area contributed by atoms with Gasteiger partial charge in [0, 0.05) is 12.8 Å². The molecule has 4 aliphatic carbocycles. The number of aliphatic hydroxyl groups is 1. The van der Waals surface area contributed by atoms with Gasteiger partial charge in [-0.25, -0.2) is 0 Å². The van der Waals surface area contributed by atoms with E-state index < -0.39 is 5.60 Å². The van der Waals surface area contributed by atoms with E-state index in [1.807, 2.05) is 12.1 Å². The monoisotopic (exact) mass is 450 g/mol. The number of unbranched alkanes of at least 4 members (excludes halogenated alkanes) is 1. The zero-order valence-electron chi connectivity index (χ0n) is 20.8. The molecule has 0 saturated heterocycles. The minimum absolute atomic E-state index is 0.0141. The van der Waals surface area contributed by atoms with Gasteiger partial charge < -0.3 is 10.2 Å². The van der Waals surface area contributed by atoms with E-state index >= 15 is 0 Å². The number of carbonyl (C=O) groups excluding carboxylic acids is 1. The Morgan fingerprint density at radius 2 is 1.82 bits per heavy atom. The Balaban J connectivity index is 1.39. The zero-order valence-corrected chi connectivity index (χ0v) is 20.8. The Kier molecular flexibility index (Phi) is 5.79. The number of phenols is 1. The number of hydrogen-bond acceptors (Lipinski definition) is 3. The Labute approximate surface area is 199 Å². The van der Waals surface area contributed by atoms with Crippen molar-refractivity contribution in [2.24, 2.45) is 34.5 Å². The van der Waals surface area contributed by atoms with Gasteiger partial charge in [0.05, 0.1) is 5.60 Å². The van der Waals surface area contributed by atoms with Crippen molar-refractivity contribution in [1.82, 2.24) is 0 Å². The fourth-order valence-electron chi connectivity index (χ4n) is 8.58. The molecule has 4 aliphatic rings. The van der Waals surface area contributed by atoms with Gasteiger partial charge in [0.2, 0.25) is 0 Å². The third-order valence-corrected chi connectivity index (χ3v) is 10.8. The van der Waals surface area contributed by atoms with Gasteiger partial charge in [-0.3, -0.25) is 4.79 Å². The molecule has 3 nitrogen and oxygen atoms in total. The van der Waals surface area contributed by atoms with Crippen molar-refractivity contribution in [3.05, 3.63) is 41.5 Å². The number of rotatable bonds is 5. The normalized spacial score (nSPS) is 42.3. The first-order valence-electron chi connectivity index (χ1n) is 13.4. The minimum Gasteiger partial charge on any atom is -0.508 e. The van der Waals surface area contributed by atoms with E-state index in [2.05, 4.69) is 32.9 Å². The number of aryl methyl sites for hydroxylation is 1. The van der Waals surface area contributed by atoms with E-state index in [9.17, 15) is 15.0 Å². The maximum atomic E-state index is 12.4. The second-order valence-corrected chi connectivity index (χ2v) is 12.5. The molecular weight excluding hydrogens is 408 g/mol. The number of Topliss-reactive ketones (excluding diaryl/α,β-unsaturated/α-hetero) is 1. The molecule has 2 N–H and O–H groups in total. The quantitative estimate of drug-likeness (QED) is 0.392. The van der Waals surface area contributed by atoms with Crippen LogP contribution in [0.2, 0.25) is 0 Å². The molecule has 3 heteroatoms. The molecular formula is C30H42O3. The Morgan fingerprint density at radius 3 is 2.61 bits per heavy atom. The van der Waals surface area contributed by atoms with Gasteiger partial charge in [0.15, 0.2) is 0 Å². The van der Waals surface area contributed by atoms with Gasteiger partial charge in [-0.2, -0.15) is 0 Å². The predicted octanol–water partition coefficient (Wildman–Crippen LogP) is 6.61. The van der Waals surface area contributed by atoms with Crippen molar-refractivity contribution in [3.63, 3.8) is 0 Å². The van der Waals surface area contributed by atoms with Crippen molar-refractivity contribution < 1.29 is 15.0 Å². The predicted molar refractivity (Wildman–Crippen MR) is 132 cm³/mol. The molecule has 0 radical (unpaired) electrons. The molecule has 0 bridgehead atoms. The highest BCUT2D eigenvalue weighted by atomic mass is 16.3. The molecule has 7 atom stereocenters. The molecule has 33 heavy (non-hydrogen) atoms. The van der Waals surface area contributed by atoms with Crippen LogP contribution in [0.15, 0.2) is 35.9 Å². The van der Waals surface area contributed by atoms with Crippen molar-refractivity contribution in [2.45, 2.75) is 97.0 Å². The summed E-state index contributed by atoms with van der Waals surface area (Å²) in [6.07, 6.45) is 13.8. The third-order valence-electron chi connectivity index (χ3n) is 10.8. The summed E-state index contributed by atoms with van der Waals surface area (Å²) in [7, 11) is 0. The van der Waals surface area contributed by atoms with Crippen LogP contribution in [0.1, 0.15) is 90.5 Å². The molecule has 3 fully saturated rings. The first-order valence-corrected chi connectivity index (χ1v) is 13.4. The van der Waals surface area contributed by atoms with Crippen molar-refractivity contribution >= 4 is 5.78 Å². The highest BCUT2D eigenvalue weighted by molar-refractivity contribution is 5.82. The Hall–Kier alpha value is -1.61. The van der Waals surface area contributed by atoms with Crippen LogP contribution >= 0.6 is 0 Å². The first kappa shape index (κ1) is 23.1. The van der Waals surface area contributed by atoms with E-state index in [0.29, 0.717) is 41.6 Å². The summed E-state index contributed by atoms with van der Waals surface area (Å²) < 4.78 is 0. The van der Waals surface area contributed by atoms with Crippen LogP contribution in [0.4, 0.5) is 0 Å². The molecule has 3 saturated carbocycles. The molecule has 1 aromatic rings. The van der Waals surface area contributed by atoms with Crippen LogP contribution in [0.25, 0.3) is 0 Å². The van der Waals surface area contributed by atoms with Crippen molar-refractivity contribution in [3.8, 4) is 5.75 Å². The molecule has 0 amide bonds. The van der Waals surface area contributed by atoms with Gasteiger partial charge >= 0.3 is 0 Å². The molecule has 0 aliphatic heterocycles. The smallest absolute Gasteiger partial charge is 0.136 e. The zero-order chi connectivity index (χ0) is 23.4. The molecule has 0 spiro atoms. The summed E-state index contributed by atoms with van der Waals surface area (Å²) in [6.45, 7) is 6.91. The van der Waals surface area contributed by atoms with E-state index in [-0.39, 0.29) is 10.8 Å². The maximum Gasteiger partial charge on any atom is 0.136 e. The fraction of sp³-hybridized carbons (Fsp3) is 0.700. The van der Waals surface area contributed by atoms with E-state index in [4.69, 9.17) is 0 Å². The number of benzene rings is 1. The van der Waals surface area contributed by atoms with Crippen LogP contribution in [0.3, 0.4) is 0 Å². The Morgan fingerprint density at radius 1 is 1.03 bits per heavy atom. The summed E-state index contributed by atoms with van der Waals surface area (Å²) in [5, 5.41) is 21.1. The molecule has 180 valence electrons. The van der Waals surface area contributed by atoms with Gasteiger partial charge in [-0.15, -0.1) is 0 Å². The van der Waals surface area contributed by atoms with Crippen LogP contribution < -0.4 is 0 Å². The SMILES string of the molecule is C[C@]12CCC(=O)CC1=C[C@@H](CCCCc1cccc(O)c1)C1C2CC[C@@]2(C)C1CC[C@]2(C)O. The topological polar surface area (TPSA) is 57.5 Å². The summed E-state index contributed by atoms with van der Waals surface area (Å²) in [4.78, 5) is 12.4. The maximum absolute atomic E-state index is 12.4. The lowest BCUT2D eigenvalue weighted by Gasteiger charge is -2.60. The number of hydrogen-bond donors (Lipinski definition) is 2. The molecule has 0 heterocycles. The lowest BCUT2D eigenvalue weighted by Crippen LogP contribution is -2.55. The number of aromatic hydroxyl groups is 1. The van der Waals surface area contributed by atoms with Crippen LogP contribution in [-0.4, -0.2) is 21.6 Å². The third kappa shape index (κ3) is 3.79. The second kappa shape index (κ2) is 8.26. The summed E-state index contributed by atoms with van der Waals surface area (Å²) in [5.41, 5.74) is 2.27. The number of allylic oxidation sites excluding steroid dienone is 2. The van der Waals surface area contributed by atoms with Crippen molar-refractivity contribution in [2.75, 3.05) is 0 Å². The van der Waals surface area contributed by atoms with Crippen LogP contribution in [0, 0.1) is 34.5 Å². The Bertz CT molecular complexity index is 946. The molecule has 5 rings (SSSR count). The van der Waals surface area contributed by atoms with E-state index in [1.165, 1.54) is 24.0 Å². The van der Waals surface area contributed by atoms with Crippen LogP contribution in [-0.2, 0) is 11.2 Å². The fourth-order valence-corrected chi connectivity index (χ4v) is 8.58. The number of ketones is 1. The average molecular weight is 451 g/mol. The lowest BCUT2D eigenvalue weighted by atomic mass is 9.45. The van der Waals surface area contributed by atoms with Crippen molar-refractivity contribution in [1.29, 1.82) is 0 Å². The average Bonchev–Trinajstić information content (AvgIpc) is 3.01. The number of carbonyl (C=O) groups is 1.